The summed E-state index contributed by atoms with van der Waals surface area (Å²) >= 11 is 0. The Morgan fingerprint density at radius 2 is 1.81 bits per heavy atom. The Morgan fingerprint density at radius 1 is 1.11 bits per heavy atom. The van der Waals surface area contributed by atoms with Gasteiger partial charge in [-0.1, -0.05) is 0 Å². The van der Waals surface area contributed by atoms with Gasteiger partial charge in [0.1, 0.15) is 5.82 Å². The van der Waals surface area contributed by atoms with E-state index in [4.69, 9.17) is 4.74 Å². The van der Waals surface area contributed by atoms with Gasteiger partial charge in [-0.3, -0.25) is 9.59 Å². The number of alkyl halides is 3. The number of anilines is 1. The highest BCUT2D eigenvalue weighted by Crippen LogP contribution is 2.29. The first-order chi connectivity index (χ1) is 17.1. The normalized spacial score (nSPS) is 15.4. The predicted molar refractivity (Wildman–Crippen MR) is 122 cm³/mol. The average Bonchev–Trinajstić information content (AvgIpc) is 2.86. The molecule has 3 aromatic rings. The Morgan fingerprint density at radius 3 is 2.47 bits per heavy atom. The van der Waals surface area contributed by atoms with E-state index < -0.39 is 29.2 Å². The molecule has 1 fully saturated rings. The number of aromatic nitrogens is 4. The highest BCUT2D eigenvalue weighted by atomic mass is 19.4. The summed E-state index contributed by atoms with van der Waals surface area (Å²) < 4.78 is 57.8. The van der Waals surface area contributed by atoms with E-state index in [1.165, 1.54) is 12.3 Å². The third-order valence-corrected chi connectivity index (χ3v) is 6.00. The number of fused-ring (bicyclic) bond motifs is 1. The second-order valence-corrected chi connectivity index (χ2v) is 8.41. The van der Waals surface area contributed by atoms with E-state index in [0.29, 0.717) is 43.5 Å². The zero-order valence-corrected chi connectivity index (χ0v) is 19.4. The molecule has 2 aromatic heterocycles. The molecule has 1 atom stereocenters. The number of carbonyl (C=O) groups is 1. The highest BCUT2D eigenvalue weighted by molar-refractivity contribution is 5.84. The molecule has 0 radical (unpaired) electrons. The Labute approximate surface area is 203 Å². The quantitative estimate of drug-likeness (QED) is 0.386. The molecule has 1 unspecified atom stereocenters. The number of benzene rings is 1. The maximum Gasteiger partial charge on any atom is 0.419 e. The number of hydrogen-bond donors (Lipinski definition) is 1. The van der Waals surface area contributed by atoms with Crippen LogP contribution in [0.15, 0.2) is 35.5 Å². The maximum atomic E-state index is 14.0. The van der Waals surface area contributed by atoms with Gasteiger partial charge in [-0.2, -0.15) is 18.3 Å². The lowest BCUT2D eigenvalue weighted by Crippen LogP contribution is -2.49. The Bertz CT molecular complexity index is 1270. The van der Waals surface area contributed by atoms with Gasteiger partial charge < -0.3 is 14.5 Å². The van der Waals surface area contributed by atoms with Crippen LogP contribution in [-0.2, 0) is 15.7 Å². The van der Waals surface area contributed by atoms with Crippen LogP contribution in [0.2, 0.25) is 0 Å². The SMILES string of the molecule is CC(OCCCC(=O)N1CCN(c2ncc(C(F)(F)F)cn2)CC1)c1cc(F)cc2c(=O)[nH]ncc12. The number of H-pyrrole nitrogens is 1. The Balaban J connectivity index is 1.24. The van der Waals surface area contributed by atoms with E-state index >= 15 is 0 Å². The summed E-state index contributed by atoms with van der Waals surface area (Å²) in [6, 6.07) is 2.45. The van der Waals surface area contributed by atoms with Crippen LogP contribution in [-0.4, -0.2) is 63.8 Å². The fourth-order valence-electron chi connectivity index (χ4n) is 4.04. The van der Waals surface area contributed by atoms with Crippen molar-refractivity contribution in [2.75, 3.05) is 37.7 Å². The molecule has 1 aromatic carbocycles. The van der Waals surface area contributed by atoms with Crippen molar-refractivity contribution in [1.29, 1.82) is 0 Å². The second-order valence-electron chi connectivity index (χ2n) is 8.41. The molecule has 0 bridgehead atoms. The minimum atomic E-state index is -4.49. The van der Waals surface area contributed by atoms with Crippen LogP contribution in [0.4, 0.5) is 23.5 Å². The first-order valence-electron chi connectivity index (χ1n) is 11.3. The number of piperazine rings is 1. The number of rotatable bonds is 7. The minimum absolute atomic E-state index is 0.0637. The zero-order valence-electron chi connectivity index (χ0n) is 19.4. The van der Waals surface area contributed by atoms with Crippen molar-refractivity contribution in [3.63, 3.8) is 0 Å². The van der Waals surface area contributed by atoms with E-state index in [2.05, 4.69) is 20.2 Å². The van der Waals surface area contributed by atoms with Crippen LogP contribution in [0, 0.1) is 5.82 Å². The lowest BCUT2D eigenvalue weighted by Gasteiger charge is -2.34. The number of aromatic amines is 1. The largest absolute Gasteiger partial charge is 0.419 e. The van der Waals surface area contributed by atoms with Crippen LogP contribution >= 0.6 is 0 Å². The van der Waals surface area contributed by atoms with E-state index in [9.17, 15) is 27.2 Å². The molecule has 0 aliphatic carbocycles. The first-order valence-corrected chi connectivity index (χ1v) is 11.3. The van der Waals surface area contributed by atoms with Gasteiger partial charge in [0.15, 0.2) is 0 Å². The molecule has 1 N–H and O–H groups in total. The third-order valence-electron chi connectivity index (χ3n) is 6.00. The number of halogens is 4. The summed E-state index contributed by atoms with van der Waals surface area (Å²) in [6.07, 6.45) is -1.37. The van der Waals surface area contributed by atoms with E-state index in [1.807, 2.05) is 0 Å². The number of ether oxygens (including phenoxy) is 1. The van der Waals surface area contributed by atoms with Crippen molar-refractivity contribution in [3.8, 4) is 0 Å². The summed E-state index contributed by atoms with van der Waals surface area (Å²) in [6.45, 7) is 3.60. The van der Waals surface area contributed by atoms with Crippen LogP contribution in [0.1, 0.15) is 37.0 Å². The molecular formula is C23H24F4N6O3. The molecule has 0 saturated carbocycles. The van der Waals surface area contributed by atoms with Gasteiger partial charge in [-0.05, 0) is 31.0 Å². The van der Waals surface area contributed by atoms with Gasteiger partial charge in [0, 0.05) is 57.0 Å². The van der Waals surface area contributed by atoms with Crippen molar-refractivity contribution in [2.45, 2.75) is 32.0 Å². The molecule has 13 heteroatoms. The van der Waals surface area contributed by atoms with Crippen molar-refractivity contribution in [3.05, 3.63) is 58.0 Å². The molecule has 1 aliphatic rings. The molecule has 4 rings (SSSR count). The van der Waals surface area contributed by atoms with Gasteiger partial charge >= 0.3 is 6.18 Å². The monoisotopic (exact) mass is 508 g/mol. The second kappa shape index (κ2) is 10.6. The number of nitrogens with zero attached hydrogens (tertiary/aromatic N) is 5. The summed E-state index contributed by atoms with van der Waals surface area (Å²) in [5.41, 5.74) is -0.903. The Hall–Kier alpha value is -3.61. The lowest BCUT2D eigenvalue weighted by atomic mass is 10.0. The van der Waals surface area contributed by atoms with E-state index in [-0.39, 0.29) is 30.3 Å². The number of amides is 1. The molecule has 1 saturated heterocycles. The smallest absolute Gasteiger partial charge is 0.374 e. The van der Waals surface area contributed by atoms with Gasteiger partial charge in [0.05, 0.1) is 23.3 Å². The zero-order chi connectivity index (χ0) is 25.9. The molecule has 1 amide bonds. The lowest BCUT2D eigenvalue weighted by molar-refractivity contribution is -0.138. The number of carbonyl (C=O) groups excluding carboxylic acids is 1. The number of nitrogens with one attached hydrogen (secondary N) is 1. The minimum Gasteiger partial charge on any atom is -0.374 e. The summed E-state index contributed by atoms with van der Waals surface area (Å²) in [5, 5.41) is 6.73. The maximum absolute atomic E-state index is 14.0. The Kier molecular flexibility index (Phi) is 7.48. The summed E-state index contributed by atoms with van der Waals surface area (Å²) in [4.78, 5) is 35.5. The summed E-state index contributed by atoms with van der Waals surface area (Å²) in [7, 11) is 0. The standard InChI is InChI=1S/C23H24F4N6O3/c1-14(17-9-16(24)10-18-19(17)13-30-31-21(18)35)36-8-2-3-20(34)32-4-6-33(7-5-32)22-28-11-15(12-29-22)23(25,26)27/h9-14H,2-8H2,1H3,(H,31,35). The molecule has 3 heterocycles. The van der Waals surface area contributed by atoms with Gasteiger partial charge in [-0.15, -0.1) is 0 Å². The first kappa shape index (κ1) is 25.5. The predicted octanol–water partition coefficient (Wildman–Crippen LogP) is 3.08. The number of hydrogen-bond acceptors (Lipinski definition) is 7. The molecular weight excluding hydrogens is 484 g/mol. The fraction of sp³-hybridized carbons (Fsp3) is 0.435. The molecule has 192 valence electrons. The third kappa shape index (κ3) is 5.78. The van der Waals surface area contributed by atoms with E-state index in [1.54, 1.807) is 16.7 Å². The van der Waals surface area contributed by atoms with Crippen LogP contribution in [0.5, 0.6) is 0 Å². The van der Waals surface area contributed by atoms with Crippen molar-refractivity contribution >= 4 is 22.6 Å². The van der Waals surface area contributed by atoms with Gasteiger partial charge in [0.25, 0.3) is 5.56 Å². The summed E-state index contributed by atoms with van der Waals surface area (Å²) in [5.74, 6) is -0.425. The fourth-order valence-corrected chi connectivity index (χ4v) is 4.04. The van der Waals surface area contributed by atoms with Gasteiger partial charge in [0.2, 0.25) is 11.9 Å². The van der Waals surface area contributed by atoms with Gasteiger partial charge in [-0.25, -0.2) is 19.5 Å². The van der Waals surface area contributed by atoms with Crippen molar-refractivity contribution in [2.24, 2.45) is 0 Å². The molecule has 36 heavy (non-hydrogen) atoms. The van der Waals surface area contributed by atoms with Crippen molar-refractivity contribution in [1.82, 2.24) is 25.1 Å². The topological polar surface area (TPSA) is 104 Å². The van der Waals surface area contributed by atoms with E-state index in [0.717, 1.165) is 18.5 Å². The van der Waals surface area contributed by atoms with Crippen LogP contribution in [0.25, 0.3) is 10.8 Å². The van der Waals surface area contributed by atoms with Crippen molar-refractivity contribution < 1.29 is 27.1 Å². The molecule has 1 aliphatic heterocycles. The molecule has 0 spiro atoms. The molecule has 9 nitrogen and oxygen atoms in total. The van der Waals surface area contributed by atoms with Crippen LogP contribution in [0.3, 0.4) is 0 Å². The highest BCUT2D eigenvalue weighted by Gasteiger charge is 2.32. The van der Waals surface area contributed by atoms with Crippen LogP contribution < -0.4 is 10.5 Å². The average molecular weight is 508 g/mol.